The first-order chi connectivity index (χ1) is 18.7. The molecule has 0 aromatic heterocycles. The van der Waals surface area contributed by atoms with Gasteiger partial charge in [0.15, 0.2) is 11.4 Å². The Balaban J connectivity index is 1.72. The maximum atomic E-state index is 15.9. The Labute approximate surface area is 230 Å². The van der Waals surface area contributed by atoms with Crippen molar-refractivity contribution in [1.82, 2.24) is 4.90 Å². The minimum absolute atomic E-state index is 0.0190. The second-order valence-electron chi connectivity index (χ2n) is 11.8. The zero-order valence-electron chi connectivity index (χ0n) is 22.8. The quantitative estimate of drug-likeness (QED) is 0.354. The molecule has 0 aliphatic heterocycles. The maximum absolute atomic E-state index is 15.9. The number of Topliss-reactive ketones (excluding diaryl/α,β-unsaturated/α-hetero) is 2. The standard InChI is InChI=1S/C30H33FN2O7/c1-12(2)5-6-13-7-8-15-16(9-13)24(34)20-17(22(15)31)10-14-11-18-23(33(3)4)26(36)21(29(32)39)28(38)30(18,40)27(37)19(14)25(20)35/h7-9,12,14,18,23,34-35,38,40H,5-6,10-11H2,1-4H3,(H2,32,39)/t14-,18-,23-,30-/m0/s1. The van der Waals surface area contributed by atoms with E-state index < -0.39 is 69.6 Å². The molecule has 0 unspecified atom stereocenters. The van der Waals surface area contributed by atoms with Crippen LogP contribution in [0.25, 0.3) is 16.5 Å². The first-order valence-corrected chi connectivity index (χ1v) is 13.3. The van der Waals surface area contributed by atoms with Gasteiger partial charge in [0.1, 0.15) is 28.7 Å². The summed E-state index contributed by atoms with van der Waals surface area (Å²) in [7, 11) is 3.04. The van der Waals surface area contributed by atoms with E-state index in [1.54, 1.807) is 18.2 Å². The minimum atomic E-state index is -2.74. The Kier molecular flexibility index (Phi) is 6.54. The van der Waals surface area contributed by atoms with Crippen molar-refractivity contribution in [1.29, 1.82) is 0 Å². The molecule has 0 spiro atoms. The van der Waals surface area contributed by atoms with Gasteiger partial charge in [-0.25, -0.2) is 4.39 Å². The lowest BCUT2D eigenvalue weighted by molar-refractivity contribution is -0.153. The largest absolute Gasteiger partial charge is 0.508 e. The van der Waals surface area contributed by atoms with Crippen LogP contribution in [0, 0.1) is 23.6 Å². The topological polar surface area (TPSA) is 161 Å². The maximum Gasteiger partial charge on any atom is 0.255 e. The van der Waals surface area contributed by atoms with Gasteiger partial charge in [0.2, 0.25) is 5.78 Å². The zero-order valence-corrected chi connectivity index (χ0v) is 22.8. The zero-order chi connectivity index (χ0) is 29.4. The van der Waals surface area contributed by atoms with E-state index in [-0.39, 0.29) is 40.3 Å². The predicted molar refractivity (Wildman–Crippen MR) is 145 cm³/mol. The molecular formula is C30H33FN2O7. The minimum Gasteiger partial charge on any atom is -0.508 e. The van der Waals surface area contributed by atoms with E-state index in [1.165, 1.54) is 19.0 Å². The molecule has 0 saturated heterocycles. The van der Waals surface area contributed by atoms with Crippen LogP contribution in [0.4, 0.5) is 4.39 Å². The van der Waals surface area contributed by atoms with Crippen molar-refractivity contribution in [2.45, 2.75) is 51.2 Å². The van der Waals surface area contributed by atoms with E-state index in [0.717, 1.165) is 12.0 Å². The summed E-state index contributed by atoms with van der Waals surface area (Å²) < 4.78 is 15.9. The smallest absolute Gasteiger partial charge is 0.255 e. The van der Waals surface area contributed by atoms with Crippen LogP contribution < -0.4 is 5.73 Å². The molecule has 1 amide bonds. The van der Waals surface area contributed by atoms with Gasteiger partial charge in [-0.2, -0.15) is 0 Å². The molecule has 2 aromatic carbocycles. The highest BCUT2D eigenvalue weighted by Crippen LogP contribution is 2.53. The number of nitrogens with zero attached hydrogens (tertiary/aromatic N) is 1. The number of nitrogens with two attached hydrogens (primary N) is 1. The molecule has 5 rings (SSSR count). The van der Waals surface area contributed by atoms with Crippen LogP contribution in [0.2, 0.25) is 0 Å². The van der Waals surface area contributed by atoms with Crippen LogP contribution >= 0.6 is 0 Å². The molecule has 0 radical (unpaired) electrons. The summed E-state index contributed by atoms with van der Waals surface area (Å²) in [5.74, 6) is -7.79. The Morgan fingerprint density at radius 1 is 1.18 bits per heavy atom. The molecule has 40 heavy (non-hydrogen) atoms. The van der Waals surface area contributed by atoms with Crippen molar-refractivity contribution in [3.63, 3.8) is 0 Å². The molecule has 3 aliphatic carbocycles. The van der Waals surface area contributed by atoms with Gasteiger partial charge in [-0.1, -0.05) is 26.0 Å². The van der Waals surface area contributed by atoms with E-state index >= 15 is 4.39 Å². The molecule has 3 aliphatic rings. The third-order valence-electron chi connectivity index (χ3n) is 8.70. The van der Waals surface area contributed by atoms with Gasteiger partial charge >= 0.3 is 0 Å². The highest BCUT2D eigenvalue weighted by atomic mass is 19.1. The van der Waals surface area contributed by atoms with Gasteiger partial charge < -0.3 is 26.2 Å². The van der Waals surface area contributed by atoms with Gasteiger partial charge in [-0.3, -0.25) is 19.3 Å². The predicted octanol–water partition coefficient (Wildman–Crippen LogP) is 2.84. The van der Waals surface area contributed by atoms with Gasteiger partial charge in [0.05, 0.1) is 11.6 Å². The normalized spacial score (nSPS) is 26.4. The average Bonchev–Trinajstić information content (AvgIpc) is 2.87. The molecule has 4 atom stereocenters. The molecular weight excluding hydrogens is 519 g/mol. The first kappa shape index (κ1) is 27.8. The number of amides is 1. The number of fused-ring (bicyclic) bond motifs is 4. The summed E-state index contributed by atoms with van der Waals surface area (Å²) in [6.07, 6.45) is 1.39. The summed E-state index contributed by atoms with van der Waals surface area (Å²) in [5, 5.41) is 45.6. The number of aliphatic hydroxyl groups excluding tert-OH is 2. The molecule has 10 heteroatoms. The number of aryl methyl sites for hydroxylation is 1. The van der Waals surface area contributed by atoms with Crippen LogP contribution in [0.1, 0.15) is 43.4 Å². The third-order valence-corrected chi connectivity index (χ3v) is 8.70. The second-order valence-corrected chi connectivity index (χ2v) is 11.8. The van der Waals surface area contributed by atoms with Crippen LogP contribution in [0.3, 0.4) is 0 Å². The average molecular weight is 553 g/mol. The number of likely N-dealkylation sites (N-methyl/N-ethyl adjacent to an activating group) is 1. The molecule has 9 nitrogen and oxygen atoms in total. The monoisotopic (exact) mass is 552 g/mol. The summed E-state index contributed by atoms with van der Waals surface area (Å²) in [6.45, 7) is 4.16. The fourth-order valence-corrected chi connectivity index (χ4v) is 6.72. The number of aliphatic hydroxyl groups is 3. The molecule has 1 saturated carbocycles. The highest BCUT2D eigenvalue weighted by Gasteiger charge is 2.64. The van der Waals surface area contributed by atoms with Crippen molar-refractivity contribution in [2.75, 3.05) is 14.1 Å². The van der Waals surface area contributed by atoms with Crippen LogP contribution in [0.15, 0.2) is 35.1 Å². The van der Waals surface area contributed by atoms with E-state index in [2.05, 4.69) is 13.8 Å². The third kappa shape index (κ3) is 3.77. The molecule has 2 aromatic rings. The molecule has 6 N–H and O–H groups in total. The van der Waals surface area contributed by atoms with Crippen molar-refractivity contribution in [2.24, 2.45) is 23.5 Å². The number of aromatic hydroxyl groups is 1. The van der Waals surface area contributed by atoms with Crippen molar-refractivity contribution in [3.8, 4) is 5.75 Å². The summed E-state index contributed by atoms with van der Waals surface area (Å²) in [6, 6.07) is 3.86. The van der Waals surface area contributed by atoms with Crippen molar-refractivity contribution < 1.29 is 39.2 Å². The lowest BCUT2D eigenvalue weighted by atomic mass is 9.57. The molecule has 0 heterocycles. The van der Waals surface area contributed by atoms with Crippen LogP contribution in [-0.2, 0) is 27.2 Å². The Morgan fingerprint density at radius 3 is 2.45 bits per heavy atom. The number of carbonyl (C=O) groups excluding carboxylic acids is 3. The Morgan fingerprint density at radius 2 is 1.85 bits per heavy atom. The lowest BCUT2D eigenvalue weighted by Crippen LogP contribution is -2.65. The number of carbonyl (C=O) groups is 3. The number of halogens is 1. The van der Waals surface area contributed by atoms with E-state index in [1.807, 2.05) is 0 Å². The van der Waals surface area contributed by atoms with Crippen molar-refractivity contribution >= 4 is 34.0 Å². The number of hydrogen-bond donors (Lipinski definition) is 5. The van der Waals surface area contributed by atoms with Crippen LogP contribution in [0.5, 0.6) is 5.75 Å². The highest BCUT2D eigenvalue weighted by molar-refractivity contribution is 6.24. The number of rotatable bonds is 5. The van der Waals surface area contributed by atoms with Gasteiger partial charge in [0, 0.05) is 27.8 Å². The van der Waals surface area contributed by atoms with E-state index in [0.29, 0.717) is 12.3 Å². The molecule has 212 valence electrons. The van der Waals surface area contributed by atoms with Gasteiger partial charge in [-0.05, 0) is 63.2 Å². The van der Waals surface area contributed by atoms with E-state index in [9.17, 15) is 34.8 Å². The first-order valence-electron chi connectivity index (χ1n) is 13.3. The Hall–Kier alpha value is -3.76. The number of primary amides is 1. The van der Waals surface area contributed by atoms with Crippen molar-refractivity contribution in [3.05, 3.63) is 57.6 Å². The number of phenols is 1. The number of hydrogen-bond acceptors (Lipinski definition) is 8. The number of phenolic OH excluding ortho intramolecular Hbond substituents is 1. The fraction of sp³-hybridized carbons (Fsp3) is 0.433. The Bertz CT molecular complexity index is 1560. The fourth-order valence-electron chi connectivity index (χ4n) is 6.72. The summed E-state index contributed by atoms with van der Waals surface area (Å²) in [4.78, 5) is 40.6. The number of benzene rings is 2. The SMILES string of the molecule is CC(C)CCc1ccc2c(F)c3c(c(O)c2c1)C(O)=C1C(=O)[C@]2(O)C(O)=C(C(N)=O)C(=O)[C@@H](N(C)C)[C@@H]2C[C@@H]1C3. The van der Waals surface area contributed by atoms with E-state index in [4.69, 9.17) is 5.73 Å². The second kappa shape index (κ2) is 9.42. The summed E-state index contributed by atoms with van der Waals surface area (Å²) >= 11 is 0. The van der Waals surface area contributed by atoms with Crippen LogP contribution in [-0.4, -0.2) is 68.5 Å². The lowest BCUT2D eigenvalue weighted by Gasteiger charge is -2.50. The van der Waals surface area contributed by atoms with Gasteiger partial charge in [-0.15, -0.1) is 0 Å². The summed E-state index contributed by atoms with van der Waals surface area (Å²) in [5.41, 5.74) is 2.06. The molecule has 0 bridgehead atoms. The number of ketones is 2. The molecule has 1 fully saturated rings. The van der Waals surface area contributed by atoms with Gasteiger partial charge in [0.25, 0.3) is 5.91 Å².